The summed E-state index contributed by atoms with van der Waals surface area (Å²) in [4.78, 5) is 0. The molecular formula is C16H23NO. The van der Waals surface area contributed by atoms with E-state index in [-0.39, 0.29) is 0 Å². The van der Waals surface area contributed by atoms with Crippen molar-refractivity contribution in [3.63, 3.8) is 0 Å². The highest BCUT2D eigenvalue weighted by Gasteiger charge is 2.42. The second-order valence-corrected chi connectivity index (χ2v) is 6.20. The highest BCUT2D eigenvalue weighted by molar-refractivity contribution is 5.39. The van der Waals surface area contributed by atoms with Crippen LogP contribution in [0.1, 0.15) is 48.8 Å². The number of hydrogen-bond donors (Lipinski definition) is 2. The minimum Gasteiger partial charge on any atom is -0.385 e. The first-order valence-corrected chi connectivity index (χ1v) is 7.14. The van der Waals surface area contributed by atoms with Gasteiger partial charge >= 0.3 is 0 Å². The summed E-state index contributed by atoms with van der Waals surface area (Å²) in [6.45, 7) is 4.25. The number of hydrogen-bond acceptors (Lipinski definition) is 2. The lowest BCUT2D eigenvalue weighted by atomic mass is 9.72. The van der Waals surface area contributed by atoms with Crippen molar-refractivity contribution in [2.75, 3.05) is 0 Å². The first-order chi connectivity index (χ1) is 8.58. The molecule has 2 nitrogen and oxygen atoms in total. The molecule has 0 spiro atoms. The molecule has 2 atom stereocenters. The van der Waals surface area contributed by atoms with E-state index in [0.717, 1.165) is 12.8 Å². The molecule has 2 bridgehead atoms. The average Bonchev–Trinajstić information content (AvgIpc) is 2.27. The van der Waals surface area contributed by atoms with Crippen molar-refractivity contribution in [3.8, 4) is 0 Å². The molecule has 2 aliphatic rings. The van der Waals surface area contributed by atoms with E-state index in [2.05, 4.69) is 37.4 Å². The van der Waals surface area contributed by atoms with Gasteiger partial charge in [0.05, 0.1) is 5.60 Å². The molecule has 2 unspecified atom stereocenters. The third-order valence-corrected chi connectivity index (χ3v) is 4.69. The van der Waals surface area contributed by atoms with Crippen molar-refractivity contribution in [3.05, 3.63) is 34.9 Å². The summed E-state index contributed by atoms with van der Waals surface area (Å²) >= 11 is 0. The Labute approximate surface area is 109 Å². The van der Waals surface area contributed by atoms with Crippen molar-refractivity contribution in [1.82, 2.24) is 5.32 Å². The Bertz CT molecular complexity index is 422. The predicted octanol–water partition coefficient (Wildman–Crippen LogP) is 2.80. The normalized spacial score (nSPS) is 35.5. The Hall–Kier alpha value is -0.860. The fourth-order valence-corrected chi connectivity index (χ4v) is 4.08. The summed E-state index contributed by atoms with van der Waals surface area (Å²) in [5.41, 5.74) is 3.04. The molecule has 1 aromatic carbocycles. The summed E-state index contributed by atoms with van der Waals surface area (Å²) < 4.78 is 0. The third kappa shape index (κ3) is 1.98. The Morgan fingerprint density at radius 2 is 1.67 bits per heavy atom. The zero-order chi connectivity index (χ0) is 12.8. The van der Waals surface area contributed by atoms with Gasteiger partial charge in [-0.05, 0) is 56.2 Å². The van der Waals surface area contributed by atoms with Crippen LogP contribution in [0.2, 0.25) is 0 Å². The summed E-state index contributed by atoms with van der Waals surface area (Å²) in [5.74, 6) is 0. The van der Waals surface area contributed by atoms with Crippen LogP contribution in [-0.2, 0) is 5.60 Å². The molecule has 2 aliphatic heterocycles. The largest absolute Gasteiger partial charge is 0.385 e. The van der Waals surface area contributed by atoms with Gasteiger partial charge in [0, 0.05) is 12.1 Å². The Morgan fingerprint density at radius 1 is 1.11 bits per heavy atom. The van der Waals surface area contributed by atoms with Crippen LogP contribution in [0.15, 0.2) is 18.2 Å². The second kappa shape index (κ2) is 4.36. The molecule has 0 radical (unpaired) electrons. The first kappa shape index (κ1) is 12.2. The van der Waals surface area contributed by atoms with Gasteiger partial charge in [-0.1, -0.05) is 24.6 Å². The topological polar surface area (TPSA) is 32.3 Å². The van der Waals surface area contributed by atoms with Crippen LogP contribution in [0, 0.1) is 13.8 Å². The summed E-state index contributed by atoms with van der Waals surface area (Å²) in [5, 5.41) is 14.8. The number of piperidine rings is 2. The smallest absolute Gasteiger partial charge is 0.0931 e. The van der Waals surface area contributed by atoms with Crippen molar-refractivity contribution < 1.29 is 5.11 Å². The van der Waals surface area contributed by atoms with E-state index < -0.39 is 5.60 Å². The SMILES string of the molecule is Cc1cccc(C)c1C1(O)CC2CCCC(C1)N2. The van der Waals surface area contributed by atoms with Crippen molar-refractivity contribution >= 4 is 0 Å². The fraction of sp³-hybridized carbons (Fsp3) is 0.625. The quantitative estimate of drug-likeness (QED) is 0.797. The molecule has 0 aromatic heterocycles. The Balaban J connectivity index is 1.99. The van der Waals surface area contributed by atoms with Crippen molar-refractivity contribution in [1.29, 1.82) is 0 Å². The standard InChI is InChI=1S/C16H23NO/c1-11-5-3-6-12(2)15(11)16(18)9-13-7-4-8-14(10-16)17-13/h3,5-6,13-14,17-18H,4,7-10H2,1-2H3. The molecule has 1 aromatic rings. The number of rotatable bonds is 1. The number of benzene rings is 1. The Morgan fingerprint density at radius 3 is 2.22 bits per heavy atom. The fourth-order valence-electron chi connectivity index (χ4n) is 4.08. The van der Waals surface area contributed by atoms with E-state index in [9.17, 15) is 5.11 Å². The summed E-state index contributed by atoms with van der Waals surface area (Å²) in [7, 11) is 0. The van der Waals surface area contributed by atoms with E-state index in [4.69, 9.17) is 0 Å². The molecule has 2 N–H and O–H groups in total. The van der Waals surface area contributed by atoms with Crippen LogP contribution in [0.25, 0.3) is 0 Å². The van der Waals surface area contributed by atoms with Crippen LogP contribution in [0.3, 0.4) is 0 Å². The van der Waals surface area contributed by atoms with Gasteiger partial charge in [0.2, 0.25) is 0 Å². The highest BCUT2D eigenvalue weighted by atomic mass is 16.3. The van der Waals surface area contributed by atoms with Crippen LogP contribution in [0.5, 0.6) is 0 Å². The summed E-state index contributed by atoms with van der Waals surface area (Å²) in [6.07, 6.45) is 5.48. The lowest BCUT2D eigenvalue weighted by molar-refractivity contribution is -0.0367. The maximum atomic E-state index is 11.2. The maximum Gasteiger partial charge on any atom is 0.0931 e. The molecule has 2 fully saturated rings. The van der Waals surface area contributed by atoms with Crippen LogP contribution in [0.4, 0.5) is 0 Å². The van der Waals surface area contributed by atoms with Gasteiger partial charge in [-0.3, -0.25) is 0 Å². The number of fused-ring (bicyclic) bond motifs is 2. The van der Waals surface area contributed by atoms with E-state index in [1.54, 1.807) is 0 Å². The van der Waals surface area contributed by atoms with E-state index in [1.807, 2.05) is 0 Å². The molecule has 3 rings (SSSR count). The molecule has 0 aliphatic carbocycles. The van der Waals surface area contributed by atoms with Crippen LogP contribution in [-0.4, -0.2) is 17.2 Å². The number of aliphatic hydroxyl groups is 1. The number of nitrogens with one attached hydrogen (secondary N) is 1. The lowest BCUT2D eigenvalue weighted by Crippen LogP contribution is -2.54. The Kier molecular flexibility index (Phi) is 2.95. The van der Waals surface area contributed by atoms with E-state index in [1.165, 1.54) is 36.0 Å². The average molecular weight is 245 g/mol. The molecular weight excluding hydrogens is 222 g/mol. The minimum absolute atomic E-state index is 0.501. The van der Waals surface area contributed by atoms with E-state index in [0.29, 0.717) is 12.1 Å². The zero-order valence-corrected chi connectivity index (χ0v) is 11.4. The van der Waals surface area contributed by atoms with Crippen molar-refractivity contribution in [2.45, 2.75) is 63.6 Å². The van der Waals surface area contributed by atoms with Crippen molar-refractivity contribution in [2.24, 2.45) is 0 Å². The van der Waals surface area contributed by atoms with Gasteiger partial charge < -0.3 is 10.4 Å². The maximum absolute atomic E-state index is 11.2. The molecule has 0 saturated carbocycles. The summed E-state index contributed by atoms with van der Waals surface area (Å²) in [6, 6.07) is 7.33. The van der Waals surface area contributed by atoms with Crippen LogP contribution >= 0.6 is 0 Å². The predicted molar refractivity (Wildman–Crippen MR) is 73.6 cm³/mol. The van der Waals surface area contributed by atoms with Gasteiger partial charge in [-0.25, -0.2) is 0 Å². The molecule has 98 valence electrons. The minimum atomic E-state index is -0.615. The molecule has 0 amide bonds. The van der Waals surface area contributed by atoms with E-state index >= 15 is 0 Å². The molecule has 2 saturated heterocycles. The highest BCUT2D eigenvalue weighted by Crippen LogP contribution is 2.41. The first-order valence-electron chi connectivity index (χ1n) is 7.14. The van der Waals surface area contributed by atoms with Gasteiger partial charge in [-0.15, -0.1) is 0 Å². The van der Waals surface area contributed by atoms with Gasteiger partial charge in [0.25, 0.3) is 0 Å². The number of aryl methyl sites for hydroxylation is 2. The van der Waals surface area contributed by atoms with Gasteiger partial charge in [-0.2, -0.15) is 0 Å². The third-order valence-electron chi connectivity index (χ3n) is 4.69. The van der Waals surface area contributed by atoms with Gasteiger partial charge in [0.15, 0.2) is 0 Å². The zero-order valence-electron chi connectivity index (χ0n) is 11.4. The van der Waals surface area contributed by atoms with Crippen LogP contribution < -0.4 is 5.32 Å². The molecule has 2 heterocycles. The molecule has 18 heavy (non-hydrogen) atoms. The monoisotopic (exact) mass is 245 g/mol. The lowest BCUT2D eigenvalue weighted by Gasteiger charge is -2.46. The second-order valence-electron chi connectivity index (χ2n) is 6.20. The molecule has 2 heteroatoms. The van der Waals surface area contributed by atoms with Gasteiger partial charge in [0.1, 0.15) is 0 Å².